The van der Waals surface area contributed by atoms with Crippen molar-refractivity contribution in [2.75, 3.05) is 7.11 Å². The fourth-order valence-corrected chi connectivity index (χ4v) is 2.06. The Kier molecular flexibility index (Phi) is 4.13. The number of hydrogen-bond acceptors (Lipinski definition) is 3. The minimum atomic E-state index is -0.525. The summed E-state index contributed by atoms with van der Waals surface area (Å²) >= 11 is 0. The van der Waals surface area contributed by atoms with E-state index >= 15 is 0 Å². The Morgan fingerprint density at radius 2 is 2.00 bits per heavy atom. The first-order valence-electron chi connectivity index (χ1n) is 6.00. The number of esters is 1. The lowest BCUT2D eigenvalue weighted by Gasteiger charge is -2.18. The minimum Gasteiger partial charge on any atom is -0.467 e. The molecule has 0 spiro atoms. The Hall–Kier alpha value is -2.36. The number of nitrogens with zero attached hydrogens (tertiary/aromatic N) is 1. The van der Waals surface area contributed by atoms with Gasteiger partial charge in [-0.15, -0.1) is 0 Å². The second-order valence-electron chi connectivity index (χ2n) is 4.19. The van der Waals surface area contributed by atoms with Crippen molar-refractivity contribution in [3.63, 3.8) is 0 Å². The van der Waals surface area contributed by atoms with Gasteiger partial charge >= 0.3 is 5.97 Å². The van der Waals surface area contributed by atoms with Crippen LogP contribution in [0.25, 0.3) is 0 Å². The quantitative estimate of drug-likeness (QED) is 0.609. The van der Waals surface area contributed by atoms with E-state index in [1.807, 2.05) is 30.3 Å². The number of ether oxygens (including phenoxy) is 1. The van der Waals surface area contributed by atoms with Gasteiger partial charge in [0.1, 0.15) is 6.04 Å². The first-order chi connectivity index (χ1) is 9.26. The molecule has 1 heterocycles. The van der Waals surface area contributed by atoms with E-state index < -0.39 is 6.04 Å². The van der Waals surface area contributed by atoms with Crippen LogP contribution in [0.2, 0.25) is 0 Å². The zero-order chi connectivity index (χ0) is 13.7. The highest BCUT2D eigenvalue weighted by atomic mass is 16.5. The highest BCUT2D eigenvalue weighted by Crippen LogP contribution is 2.18. The number of rotatable bonds is 5. The van der Waals surface area contributed by atoms with Gasteiger partial charge < -0.3 is 9.30 Å². The molecule has 0 saturated carbocycles. The summed E-state index contributed by atoms with van der Waals surface area (Å²) in [5, 5.41) is 0. The van der Waals surface area contributed by atoms with Gasteiger partial charge in [0, 0.05) is 12.6 Å². The first kappa shape index (κ1) is 13.1. The molecule has 0 aliphatic carbocycles. The molecule has 19 heavy (non-hydrogen) atoms. The van der Waals surface area contributed by atoms with Gasteiger partial charge in [0.15, 0.2) is 6.29 Å². The minimum absolute atomic E-state index is 0.358. The molecular formula is C15H15NO3. The Morgan fingerprint density at radius 1 is 1.26 bits per heavy atom. The standard InChI is InChI=1S/C15H15NO3/c1-19-15(18)14(10-12-6-3-2-4-7-12)16-9-5-8-13(16)11-17/h2-9,11,14H,10H2,1H3. The van der Waals surface area contributed by atoms with Gasteiger partial charge in [-0.3, -0.25) is 4.79 Å². The monoisotopic (exact) mass is 257 g/mol. The van der Waals surface area contributed by atoms with Crippen molar-refractivity contribution in [2.24, 2.45) is 0 Å². The molecule has 2 aromatic rings. The fourth-order valence-electron chi connectivity index (χ4n) is 2.06. The smallest absolute Gasteiger partial charge is 0.329 e. The number of aromatic nitrogens is 1. The zero-order valence-corrected chi connectivity index (χ0v) is 10.7. The van der Waals surface area contributed by atoms with Crippen LogP contribution in [0.1, 0.15) is 22.1 Å². The van der Waals surface area contributed by atoms with Gasteiger partial charge in [-0.25, -0.2) is 4.79 Å². The Balaban J connectivity index is 2.32. The Bertz CT molecular complexity index is 560. The number of carbonyl (C=O) groups excluding carboxylic acids is 2. The normalized spacial score (nSPS) is 11.8. The van der Waals surface area contributed by atoms with Crippen molar-refractivity contribution in [2.45, 2.75) is 12.5 Å². The summed E-state index contributed by atoms with van der Waals surface area (Å²) in [6.07, 6.45) is 2.94. The third-order valence-corrected chi connectivity index (χ3v) is 3.01. The summed E-state index contributed by atoms with van der Waals surface area (Å²) in [6.45, 7) is 0. The molecular weight excluding hydrogens is 242 g/mol. The number of carbonyl (C=O) groups is 2. The molecule has 98 valence electrons. The molecule has 0 fully saturated rings. The van der Waals surface area contributed by atoms with Crippen LogP contribution in [-0.2, 0) is 16.0 Å². The second-order valence-corrected chi connectivity index (χ2v) is 4.19. The van der Waals surface area contributed by atoms with Crippen molar-refractivity contribution in [3.05, 3.63) is 59.9 Å². The van der Waals surface area contributed by atoms with Crippen LogP contribution < -0.4 is 0 Å². The van der Waals surface area contributed by atoms with Crippen LogP contribution in [0, 0.1) is 0 Å². The lowest BCUT2D eigenvalue weighted by Crippen LogP contribution is -2.24. The van der Waals surface area contributed by atoms with Gasteiger partial charge in [0.05, 0.1) is 12.8 Å². The van der Waals surface area contributed by atoms with Crippen molar-refractivity contribution >= 4 is 12.3 Å². The van der Waals surface area contributed by atoms with Crippen LogP contribution in [0.15, 0.2) is 48.7 Å². The zero-order valence-electron chi connectivity index (χ0n) is 10.7. The molecule has 0 amide bonds. The largest absolute Gasteiger partial charge is 0.467 e. The average Bonchev–Trinajstić information content (AvgIpc) is 2.93. The molecule has 0 bridgehead atoms. The van der Waals surface area contributed by atoms with Crippen LogP contribution in [0.5, 0.6) is 0 Å². The molecule has 1 unspecified atom stereocenters. The van der Waals surface area contributed by atoms with E-state index in [0.717, 1.165) is 11.8 Å². The lowest BCUT2D eigenvalue weighted by atomic mass is 10.1. The highest BCUT2D eigenvalue weighted by Gasteiger charge is 2.22. The summed E-state index contributed by atoms with van der Waals surface area (Å²) < 4.78 is 6.48. The third kappa shape index (κ3) is 2.91. The van der Waals surface area contributed by atoms with Crippen molar-refractivity contribution in [1.29, 1.82) is 0 Å². The van der Waals surface area contributed by atoms with Crippen LogP contribution in [0.4, 0.5) is 0 Å². The molecule has 2 rings (SSSR count). The van der Waals surface area contributed by atoms with Crippen LogP contribution >= 0.6 is 0 Å². The molecule has 0 aliphatic heterocycles. The fraction of sp³-hybridized carbons (Fsp3) is 0.200. The molecule has 0 aliphatic rings. The summed E-state index contributed by atoms with van der Waals surface area (Å²) in [5.74, 6) is -0.358. The van der Waals surface area contributed by atoms with E-state index in [4.69, 9.17) is 4.74 Å². The maximum absolute atomic E-state index is 11.9. The van der Waals surface area contributed by atoms with Gasteiger partial charge in [-0.1, -0.05) is 30.3 Å². The topological polar surface area (TPSA) is 48.3 Å². The molecule has 4 heteroatoms. The van der Waals surface area contributed by atoms with Crippen molar-refractivity contribution in [1.82, 2.24) is 4.57 Å². The van der Waals surface area contributed by atoms with E-state index in [-0.39, 0.29) is 5.97 Å². The van der Waals surface area contributed by atoms with E-state index in [2.05, 4.69) is 0 Å². The van der Waals surface area contributed by atoms with E-state index in [0.29, 0.717) is 12.1 Å². The molecule has 0 N–H and O–H groups in total. The maximum Gasteiger partial charge on any atom is 0.329 e. The number of methoxy groups -OCH3 is 1. The molecule has 1 aromatic heterocycles. The maximum atomic E-state index is 11.9. The molecule has 0 saturated heterocycles. The lowest BCUT2D eigenvalue weighted by molar-refractivity contribution is -0.144. The van der Waals surface area contributed by atoms with Gasteiger partial charge in [-0.2, -0.15) is 0 Å². The van der Waals surface area contributed by atoms with Gasteiger partial charge in [0.2, 0.25) is 0 Å². The number of hydrogen-bond donors (Lipinski definition) is 0. The Morgan fingerprint density at radius 3 is 2.63 bits per heavy atom. The van der Waals surface area contributed by atoms with E-state index in [1.54, 1.807) is 22.9 Å². The predicted molar refractivity (Wildman–Crippen MR) is 71.0 cm³/mol. The average molecular weight is 257 g/mol. The number of benzene rings is 1. The van der Waals surface area contributed by atoms with Crippen LogP contribution in [-0.4, -0.2) is 23.9 Å². The van der Waals surface area contributed by atoms with E-state index in [1.165, 1.54) is 7.11 Å². The van der Waals surface area contributed by atoms with Gasteiger partial charge in [-0.05, 0) is 17.7 Å². The number of aldehydes is 1. The molecule has 1 atom stereocenters. The molecule has 0 radical (unpaired) electrons. The summed E-state index contributed by atoms with van der Waals surface area (Å²) in [5.41, 5.74) is 1.48. The van der Waals surface area contributed by atoms with E-state index in [9.17, 15) is 9.59 Å². The Labute approximate surface area is 111 Å². The van der Waals surface area contributed by atoms with Crippen molar-refractivity contribution in [3.8, 4) is 0 Å². The van der Waals surface area contributed by atoms with Gasteiger partial charge in [0.25, 0.3) is 0 Å². The first-order valence-corrected chi connectivity index (χ1v) is 6.00. The summed E-state index contributed by atoms with van der Waals surface area (Å²) in [7, 11) is 1.35. The summed E-state index contributed by atoms with van der Waals surface area (Å²) in [4.78, 5) is 22.9. The SMILES string of the molecule is COC(=O)C(Cc1ccccc1)n1cccc1C=O. The predicted octanol–water partition coefficient (Wildman–Crippen LogP) is 2.26. The summed E-state index contributed by atoms with van der Waals surface area (Å²) in [6, 6.07) is 12.5. The third-order valence-electron chi connectivity index (χ3n) is 3.01. The molecule has 4 nitrogen and oxygen atoms in total. The second kappa shape index (κ2) is 6.00. The highest BCUT2D eigenvalue weighted by molar-refractivity contribution is 5.78. The molecule has 1 aromatic carbocycles. The van der Waals surface area contributed by atoms with Crippen LogP contribution in [0.3, 0.4) is 0 Å². The van der Waals surface area contributed by atoms with Crippen molar-refractivity contribution < 1.29 is 14.3 Å².